The van der Waals surface area contributed by atoms with Gasteiger partial charge in [-0.05, 0) is 80.0 Å². The maximum absolute atomic E-state index is 14.2. The van der Waals surface area contributed by atoms with Crippen molar-refractivity contribution in [1.29, 1.82) is 0 Å². The third-order valence-electron chi connectivity index (χ3n) is 9.19. The summed E-state index contributed by atoms with van der Waals surface area (Å²) in [6.45, 7) is 2.10. The number of alkyl halides is 3. The van der Waals surface area contributed by atoms with Crippen LogP contribution in [0, 0.1) is 0 Å². The molecular weight excluding hydrogens is 555 g/mol. The van der Waals surface area contributed by atoms with Crippen LogP contribution in [0.4, 0.5) is 18.9 Å². The largest absolute Gasteiger partial charge is 0.416 e. The smallest absolute Gasteiger partial charge is 0.320 e. The van der Waals surface area contributed by atoms with Crippen LogP contribution in [-0.4, -0.2) is 46.1 Å². The first-order valence-electron chi connectivity index (χ1n) is 13.6. The lowest BCUT2D eigenvalue weighted by Crippen LogP contribution is -2.50. The first kappa shape index (κ1) is 27.9. The second-order valence-corrected chi connectivity index (χ2v) is 14.4. The number of aromatic nitrogens is 3. The van der Waals surface area contributed by atoms with E-state index in [9.17, 15) is 26.4 Å². The number of hydrogen-bond acceptors (Lipinski definition) is 6. The number of fused-ring (bicyclic) bond motifs is 1. The Morgan fingerprint density at radius 3 is 2.46 bits per heavy atom. The summed E-state index contributed by atoms with van der Waals surface area (Å²) in [4.78, 5) is 15.0. The van der Waals surface area contributed by atoms with Gasteiger partial charge in [0.05, 0.1) is 22.8 Å². The molecule has 2 heterocycles. The fraction of sp³-hybridized carbons (Fsp3) is 0.483. The van der Waals surface area contributed by atoms with E-state index < -0.39 is 38.1 Å². The summed E-state index contributed by atoms with van der Waals surface area (Å²) in [5, 5.41) is 11.1. The minimum atomic E-state index is -4.61. The van der Waals surface area contributed by atoms with Crippen molar-refractivity contribution in [2.45, 2.75) is 74.5 Å². The molecule has 1 N–H and O–H groups in total. The Hall–Kier alpha value is -3.25. The first-order chi connectivity index (χ1) is 19.2. The molecule has 0 bridgehead atoms. The topological polar surface area (TPSA) is 97.2 Å². The van der Waals surface area contributed by atoms with Gasteiger partial charge >= 0.3 is 6.18 Å². The van der Waals surface area contributed by atoms with Crippen LogP contribution in [0.2, 0.25) is 0 Å². The lowest BCUT2D eigenvalue weighted by atomic mass is 9.63. The molecule has 6 rings (SSSR count). The van der Waals surface area contributed by atoms with Gasteiger partial charge in [0.2, 0.25) is 0 Å². The highest BCUT2D eigenvalue weighted by molar-refractivity contribution is 7.91. The molecule has 0 saturated heterocycles. The van der Waals surface area contributed by atoms with Crippen molar-refractivity contribution >= 4 is 21.4 Å². The van der Waals surface area contributed by atoms with Crippen LogP contribution in [0.5, 0.6) is 0 Å². The molecule has 41 heavy (non-hydrogen) atoms. The highest BCUT2D eigenvalue weighted by Gasteiger charge is 2.53. The molecule has 1 aromatic heterocycles. The lowest BCUT2D eigenvalue weighted by Gasteiger charge is -2.46. The molecular formula is C29H32F3N5O3S. The fourth-order valence-electron chi connectivity index (χ4n) is 6.49. The first-order valence-corrected chi connectivity index (χ1v) is 15.6. The van der Waals surface area contributed by atoms with Crippen molar-refractivity contribution < 1.29 is 26.4 Å². The van der Waals surface area contributed by atoms with Gasteiger partial charge in [-0.2, -0.15) is 13.2 Å². The number of nitrogens with zero attached hydrogens (tertiary/aromatic N) is 4. The zero-order valence-corrected chi connectivity index (χ0v) is 23.9. The summed E-state index contributed by atoms with van der Waals surface area (Å²) in [6.07, 6.45) is 1.76. The zero-order chi connectivity index (χ0) is 29.4. The predicted octanol–water partition coefficient (Wildman–Crippen LogP) is 4.52. The predicted molar refractivity (Wildman–Crippen MR) is 147 cm³/mol. The Morgan fingerprint density at radius 2 is 1.88 bits per heavy atom. The van der Waals surface area contributed by atoms with E-state index in [0.29, 0.717) is 29.9 Å². The summed E-state index contributed by atoms with van der Waals surface area (Å²) < 4.78 is 69.0. The number of carbonyl (C=O) groups is 1. The Labute approximate surface area is 236 Å². The number of aryl methyl sites for hydroxylation is 1. The second kappa shape index (κ2) is 9.38. The van der Waals surface area contributed by atoms with Crippen LogP contribution >= 0.6 is 0 Å². The Balaban J connectivity index is 1.35. The van der Waals surface area contributed by atoms with Gasteiger partial charge in [0.1, 0.15) is 22.0 Å². The number of benzene rings is 2. The van der Waals surface area contributed by atoms with Crippen LogP contribution in [-0.2, 0) is 41.6 Å². The van der Waals surface area contributed by atoms with E-state index in [0.717, 1.165) is 30.9 Å². The van der Waals surface area contributed by atoms with E-state index >= 15 is 0 Å². The molecule has 1 amide bonds. The van der Waals surface area contributed by atoms with Gasteiger partial charge < -0.3 is 14.8 Å². The van der Waals surface area contributed by atoms with E-state index in [-0.39, 0.29) is 29.8 Å². The lowest BCUT2D eigenvalue weighted by molar-refractivity contribution is -0.138. The normalized spacial score (nSPS) is 23.7. The number of nitrogens with one attached hydrogen (secondary N) is 1. The number of anilines is 1. The minimum Gasteiger partial charge on any atom is -0.320 e. The molecule has 218 valence electrons. The van der Waals surface area contributed by atoms with Crippen molar-refractivity contribution in [3.63, 3.8) is 0 Å². The maximum atomic E-state index is 14.2. The molecule has 2 saturated carbocycles. The van der Waals surface area contributed by atoms with Crippen LogP contribution in [0.1, 0.15) is 77.5 Å². The van der Waals surface area contributed by atoms with Crippen LogP contribution in [0.3, 0.4) is 0 Å². The molecule has 2 aliphatic carbocycles. The fourth-order valence-corrected chi connectivity index (χ4v) is 7.66. The van der Waals surface area contributed by atoms with Crippen molar-refractivity contribution in [3.8, 4) is 0 Å². The average molecular weight is 588 g/mol. The second-order valence-electron chi connectivity index (χ2n) is 12.1. The van der Waals surface area contributed by atoms with E-state index in [1.54, 1.807) is 42.2 Å². The molecule has 0 radical (unpaired) electrons. The van der Waals surface area contributed by atoms with Crippen LogP contribution in [0.25, 0.3) is 0 Å². The van der Waals surface area contributed by atoms with Crippen LogP contribution < -0.4 is 10.2 Å². The van der Waals surface area contributed by atoms with E-state index in [1.807, 2.05) is 6.07 Å². The van der Waals surface area contributed by atoms with Gasteiger partial charge in [-0.1, -0.05) is 12.1 Å². The van der Waals surface area contributed by atoms with Crippen molar-refractivity contribution in [2.24, 2.45) is 7.05 Å². The van der Waals surface area contributed by atoms with Gasteiger partial charge in [-0.3, -0.25) is 4.79 Å². The Bertz CT molecular complexity index is 1640. The number of rotatable bonds is 7. The SMILES string of the molecule is Cn1cnnc1C1(c2cccc(N3Cc4c(cc(CNC5(C)CCC5)cc4C(F)(F)F)C3=O)c2)CC(S(C)(=O)=O)C1. The number of carbonyl (C=O) groups excluding carboxylic acids is 1. The van der Waals surface area contributed by atoms with E-state index in [4.69, 9.17) is 0 Å². The quantitative estimate of drug-likeness (QED) is 0.437. The van der Waals surface area contributed by atoms with Gasteiger partial charge in [0.15, 0.2) is 0 Å². The number of hydrogen-bond donors (Lipinski definition) is 1. The molecule has 2 aromatic carbocycles. The van der Waals surface area contributed by atoms with Gasteiger partial charge in [-0.15, -0.1) is 10.2 Å². The van der Waals surface area contributed by atoms with E-state index in [2.05, 4.69) is 22.4 Å². The average Bonchev–Trinajstić information content (AvgIpc) is 3.43. The number of sulfone groups is 1. The van der Waals surface area contributed by atoms with Gasteiger partial charge in [0.25, 0.3) is 5.91 Å². The molecule has 8 nitrogen and oxygen atoms in total. The molecule has 12 heteroatoms. The maximum Gasteiger partial charge on any atom is 0.416 e. The third kappa shape index (κ3) is 4.74. The third-order valence-corrected chi connectivity index (χ3v) is 10.7. The zero-order valence-electron chi connectivity index (χ0n) is 23.1. The summed E-state index contributed by atoms with van der Waals surface area (Å²) in [7, 11) is -1.51. The summed E-state index contributed by atoms with van der Waals surface area (Å²) in [5.74, 6) is 0.108. The van der Waals surface area contributed by atoms with Crippen LogP contribution in [0.15, 0.2) is 42.7 Å². The summed E-state index contributed by atoms with van der Waals surface area (Å²) in [6, 6.07) is 9.78. The molecule has 0 spiro atoms. The molecule has 0 atom stereocenters. The standard InChI is InChI=1S/C29H32F3N5O3S/c1-27(8-5-9-27)33-15-18-10-22-23(24(11-18)29(30,31)32)16-37(25(22)38)20-7-4-6-19(12-20)28(26-35-34-17-36(26)2)13-21(14-28)41(3,39)40/h4,6-7,10-12,17,21,33H,5,8-9,13-16H2,1-3H3. The monoisotopic (exact) mass is 587 g/mol. The molecule has 1 aliphatic heterocycles. The highest BCUT2D eigenvalue weighted by atomic mass is 32.2. The number of halogens is 3. The van der Waals surface area contributed by atoms with Gasteiger partial charge in [-0.25, -0.2) is 8.42 Å². The Kier molecular flexibility index (Phi) is 6.38. The number of amides is 1. The van der Waals surface area contributed by atoms with Crippen molar-refractivity contribution in [1.82, 2.24) is 20.1 Å². The summed E-state index contributed by atoms with van der Waals surface area (Å²) in [5.41, 5.74) is 0.00793. The highest BCUT2D eigenvalue weighted by Crippen LogP contribution is 2.51. The van der Waals surface area contributed by atoms with Crippen molar-refractivity contribution in [3.05, 3.63) is 76.4 Å². The molecule has 3 aromatic rings. The molecule has 3 aliphatic rings. The Morgan fingerprint density at radius 1 is 1.15 bits per heavy atom. The van der Waals surface area contributed by atoms with Crippen molar-refractivity contribution in [2.75, 3.05) is 11.2 Å². The summed E-state index contributed by atoms with van der Waals surface area (Å²) >= 11 is 0. The van der Waals surface area contributed by atoms with E-state index in [1.165, 1.54) is 11.2 Å². The molecule has 0 unspecified atom stereocenters. The molecule has 2 fully saturated rings. The minimum absolute atomic E-state index is 0.0321. The van der Waals surface area contributed by atoms with Gasteiger partial charge in [0, 0.05) is 36.6 Å².